The molecule has 100 heavy (non-hydrogen) atoms. The topological polar surface area (TPSA) is 45.2 Å². The second-order valence-electron chi connectivity index (χ2n) is 24.0. The molecule has 0 amide bonds. The first-order chi connectivity index (χ1) is 49.6. The standard InChI is InChI=1S/C92H70N8/c1-7-25-75(26-8-1)95(81-45-39-71(40-46-81)37-43-73-23-19-21-69-93-73)83-49-53-85(54-50-83)97(77-29-11-3-12-30-77)87-57-61-89(62-58-87)99(79-33-15-5-16-34-79)91-65-67-92(68-66-91)100(80-35-17-6-18-36-80)90-63-59-88(60-64-90)98(78-31-13-4-14-32-78)86-55-51-84(52-56-86)96(76-27-9-2-10-28-76)82-47-41-72(42-48-82)38-44-74-24-20-22-70-94-74/h1-70H. The van der Waals surface area contributed by atoms with Gasteiger partial charge in [0, 0.05) is 115 Å². The van der Waals surface area contributed by atoms with Crippen molar-refractivity contribution in [1.29, 1.82) is 0 Å². The fourth-order valence-corrected chi connectivity index (χ4v) is 12.7. The monoisotopic (exact) mass is 1290 g/mol. The number of hydrogen-bond donors (Lipinski definition) is 0. The number of anilines is 18. The van der Waals surface area contributed by atoms with Crippen molar-refractivity contribution >= 4 is 127 Å². The molecule has 15 rings (SSSR count). The largest absolute Gasteiger partial charge is 0.311 e. The predicted octanol–water partition coefficient (Wildman–Crippen LogP) is 25.6. The van der Waals surface area contributed by atoms with Crippen LogP contribution >= 0.6 is 0 Å². The normalized spacial score (nSPS) is 11.1. The number of para-hydroxylation sites is 6. The molecule has 0 bridgehead atoms. The van der Waals surface area contributed by atoms with E-state index in [0.717, 1.165) is 125 Å². The van der Waals surface area contributed by atoms with Gasteiger partial charge in [0.1, 0.15) is 0 Å². The number of nitrogens with zero attached hydrogens (tertiary/aromatic N) is 8. The van der Waals surface area contributed by atoms with Crippen molar-refractivity contribution in [3.05, 3.63) is 423 Å². The lowest BCUT2D eigenvalue weighted by Crippen LogP contribution is -2.14. The molecular formula is C92H70N8. The van der Waals surface area contributed by atoms with Crippen LogP contribution in [0.3, 0.4) is 0 Å². The van der Waals surface area contributed by atoms with Gasteiger partial charge < -0.3 is 29.4 Å². The van der Waals surface area contributed by atoms with Gasteiger partial charge in [-0.3, -0.25) is 9.97 Å². The minimum absolute atomic E-state index is 0.922. The molecule has 0 unspecified atom stereocenters. The molecule has 0 aliphatic heterocycles. The van der Waals surface area contributed by atoms with Crippen molar-refractivity contribution in [3.8, 4) is 0 Å². The van der Waals surface area contributed by atoms with E-state index in [0.29, 0.717) is 0 Å². The second kappa shape index (κ2) is 30.0. The summed E-state index contributed by atoms with van der Waals surface area (Å²) in [4.78, 5) is 22.8. The molecule has 8 nitrogen and oxygen atoms in total. The van der Waals surface area contributed by atoms with Crippen LogP contribution < -0.4 is 29.4 Å². The number of pyridine rings is 2. The lowest BCUT2D eigenvalue weighted by Gasteiger charge is -2.30. The lowest BCUT2D eigenvalue weighted by atomic mass is 10.1. The van der Waals surface area contributed by atoms with Gasteiger partial charge >= 0.3 is 0 Å². The lowest BCUT2D eigenvalue weighted by molar-refractivity contribution is 1.23. The van der Waals surface area contributed by atoms with Crippen LogP contribution in [-0.2, 0) is 0 Å². The van der Waals surface area contributed by atoms with E-state index >= 15 is 0 Å². The molecule has 8 heteroatoms. The molecule has 13 aromatic carbocycles. The van der Waals surface area contributed by atoms with Gasteiger partial charge in [0.2, 0.25) is 0 Å². The quantitative estimate of drug-likeness (QED) is 0.0665. The van der Waals surface area contributed by atoms with E-state index in [-0.39, 0.29) is 0 Å². The van der Waals surface area contributed by atoms with Gasteiger partial charge in [-0.25, -0.2) is 0 Å². The third-order valence-electron chi connectivity index (χ3n) is 17.5. The van der Waals surface area contributed by atoms with Crippen molar-refractivity contribution in [3.63, 3.8) is 0 Å². The first-order valence-corrected chi connectivity index (χ1v) is 33.6. The highest BCUT2D eigenvalue weighted by Crippen LogP contribution is 2.45. The Kier molecular flexibility index (Phi) is 18.8. The third kappa shape index (κ3) is 14.3. The van der Waals surface area contributed by atoms with Crippen LogP contribution in [0.5, 0.6) is 0 Å². The number of aromatic nitrogens is 2. The Morgan fingerprint density at radius 1 is 0.140 bits per heavy atom. The van der Waals surface area contributed by atoms with Gasteiger partial charge in [-0.1, -0.05) is 158 Å². The molecule has 2 aromatic heterocycles. The summed E-state index contributed by atoms with van der Waals surface area (Å²) in [7, 11) is 0. The molecule has 0 N–H and O–H groups in total. The summed E-state index contributed by atoms with van der Waals surface area (Å²) < 4.78 is 0. The molecule has 0 fully saturated rings. The molecule has 2 heterocycles. The van der Waals surface area contributed by atoms with E-state index in [4.69, 9.17) is 0 Å². The highest BCUT2D eigenvalue weighted by Gasteiger charge is 2.22. The van der Waals surface area contributed by atoms with Crippen molar-refractivity contribution in [2.75, 3.05) is 29.4 Å². The Hall–Kier alpha value is -13.6. The van der Waals surface area contributed by atoms with E-state index in [1.54, 1.807) is 0 Å². The van der Waals surface area contributed by atoms with E-state index in [1.165, 1.54) is 0 Å². The van der Waals surface area contributed by atoms with Crippen LogP contribution in [-0.4, -0.2) is 9.97 Å². The summed E-state index contributed by atoms with van der Waals surface area (Å²) in [6, 6.07) is 137. The van der Waals surface area contributed by atoms with Crippen molar-refractivity contribution < 1.29 is 0 Å². The number of benzene rings is 13. The molecule has 0 spiro atoms. The average Bonchev–Trinajstić information content (AvgIpc) is 0.786. The second-order valence-corrected chi connectivity index (χ2v) is 24.0. The Balaban J connectivity index is 0.705. The van der Waals surface area contributed by atoms with Gasteiger partial charge in [0.05, 0.1) is 11.4 Å². The highest BCUT2D eigenvalue weighted by molar-refractivity contribution is 5.88. The summed E-state index contributed by atoms with van der Waals surface area (Å²) in [6.07, 6.45) is 11.9. The molecule has 0 aliphatic rings. The van der Waals surface area contributed by atoms with E-state index in [2.05, 4.69) is 403 Å². The fourth-order valence-electron chi connectivity index (χ4n) is 12.7. The van der Waals surface area contributed by atoms with Crippen LogP contribution in [0.4, 0.5) is 102 Å². The average molecular weight is 1290 g/mol. The zero-order valence-corrected chi connectivity index (χ0v) is 55.0. The Labute approximate surface area is 585 Å². The Morgan fingerprint density at radius 2 is 0.290 bits per heavy atom. The highest BCUT2D eigenvalue weighted by atomic mass is 15.2. The van der Waals surface area contributed by atoms with E-state index < -0.39 is 0 Å². The van der Waals surface area contributed by atoms with Crippen LogP contribution in [0.15, 0.2) is 401 Å². The fraction of sp³-hybridized carbons (Fsp3) is 0. The third-order valence-corrected chi connectivity index (χ3v) is 17.5. The summed E-state index contributed by atoms with van der Waals surface area (Å²) in [6.45, 7) is 0. The van der Waals surface area contributed by atoms with Gasteiger partial charge in [-0.15, -0.1) is 0 Å². The predicted molar refractivity (Wildman–Crippen MR) is 421 cm³/mol. The maximum atomic E-state index is 4.46. The molecule has 478 valence electrons. The SMILES string of the molecule is C(=Cc1ccccn1)c1ccc(N(c2ccccc2)c2ccc(N(c3ccccc3)c3ccc(N(c4ccccc4)c4ccc(N(c5ccccc5)c5ccc(N(c6ccccc6)c6ccc(N(c7ccccc7)c7ccc(C=Cc8ccccn8)cc7)cc6)cc5)cc4)cc3)cc2)cc1. The smallest absolute Gasteiger partial charge is 0.0629 e. The van der Waals surface area contributed by atoms with Crippen molar-refractivity contribution in [2.45, 2.75) is 0 Å². The Bertz CT molecular complexity index is 4770. The summed E-state index contributed by atoms with van der Waals surface area (Å²) in [5.41, 5.74) is 22.9. The van der Waals surface area contributed by atoms with Crippen LogP contribution in [0, 0.1) is 0 Å². The van der Waals surface area contributed by atoms with Gasteiger partial charge in [0.15, 0.2) is 0 Å². The summed E-state index contributed by atoms with van der Waals surface area (Å²) in [5.74, 6) is 0. The molecule has 0 saturated carbocycles. The molecule has 0 radical (unpaired) electrons. The minimum atomic E-state index is 0.922. The van der Waals surface area contributed by atoms with Crippen LogP contribution in [0.1, 0.15) is 22.5 Å². The van der Waals surface area contributed by atoms with Gasteiger partial charge in [-0.05, 0) is 266 Å². The zero-order chi connectivity index (χ0) is 67.1. The van der Waals surface area contributed by atoms with Gasteiger partial charge in [-0.2, -0.15) is 0 Å². The Morgan fingerprint density at radius 3 is 0.450 bits per heavy atom. The summed E-state index contributed by atoms with van der Waals surface area (Å²) in [5, 5.41) is 0. The molecule has 0 atom stereocenters. The van der Waals surface area contributed by atoms with Crippen molar-refractivity contribution in [1.82, 2.24) is 9.97 Å². The van der Waals surface area contributed by atoms with Gasteiger partial charge in [0.25, 0.3) is 0 Å². The van der Waals surface area contributed by atoms with Crippen LogP contribution in [0.25, 0.3) is 24.3 Å². The van der Waals surface area contributed by atoms with Crippen LogP contribution in [0.2, 0.25) is 0 Å². The molecule has 15 aromatic rings. The molecule has 0 aliphatic carbocycles. The minimum Gasteiger partial charge on any atom is -0.311 e. The number of rotatable bonds is 22. The summed E-state index contributed by atoms with van der Waals surface area (Å²) >= 11 is 0. The maximum absolute atomic E-state index is 4.46. The van der Waals surface area contributed by atoms with Crippen molar-refractivity contribution in [2.24, 2.45) is 0 Å². The van der Waals surface area contributed by atoms with E-state index in [9.17, 15) is 0 Å². The first-order valence-electron chi connectivity index (χ1n) is 33.6. The molecular weight excluding hydrogens is 1220 g/mol. The zero-order valence-electron chi connectivity index (χ0n) is 55.0. The maximum Gasteiger partial charge on any atom is 0.0629 e. The van der Waals surface area contributed by atoms with E-state index in [1.807, 2.05) is 60.9 Å². The first kappa shape index (κ1) is 62.5. The number of hydrogen-bond acceptors (Lipinski definition) is 8. The molecule has 0 saturated heterocycles.